The number of para-hydroxylation sites is 1. The molecule has 3 aromatic heterocycles. The van der Waals surface area contributed by atoms with E-state index in [2.05, 4.69) is 16.2 Å². The van der Waals surface area contributed by atoms with Gasteiger partial charge in [-0.3, -0.25) is 4.79 Å². The molecule has 25 heavy (non-hydrogen) atoms. The van der Waals surface area contributed by atoms with E-state index in [1.54, 1.807) is 23.3 Å². The molecule has 0 aliphatic carbocycles. The van der Waals surface area contributed by atoms with Crippen molar-refractivity contribution in [2.75, 3.05) is 7.05 Å². The number of aromatic nitrogens is 2. The molecule has 0 N–H and O–H groups in total. The third-order valence-electron chi connectivity index (χ3n) is 3.74. The van der Waals surface area contributed by atoms with Crippen molar-refractivity contribution in [2.45, 2.75) is 13.5 Å². The van der Waals surface area contributed by atoms with Gasteiger partial charge in [0.25, 0.3) is 5.91 Å². The van der Waals surface area contributed by atoms with Crippen LogP contribution in [0.4, 0.5) is 0 Å². The van der Waals surface area contributed by atoms with Crippen LogP contribution in [0.25, 0.3) is 20.1 Å². The number of benzene rings is 1. The Morgan fingerprint density at radius 3 is 2.80 bits per heavy atom. The zero-order valence-corrected chi connectivity index (χ0v) is 15.4. The van der Waals surface area contributed by atoms with E-state index < -0.39 is 0 Å². The first-order valence-corrected chi connectivity index (χ1v) is 9.37. The van der Waals surface area contributed by atoms with Crippen LogP contribution < -0.4 is 0 Å². The van der Waals surface area contributed by atoms with E-state index >= 15 is 0 Å². The summed E-state index contributed by atoms with van der Waals surface area (Å²) in [6, 6.07) is 13.7. The highest BCUT2D eigenvalue weighted by atomic mass is 32.1. The van der Waals surface area contributed by atoms with Crippen molar-refractivity contribution < 1.29 is 9.32 Å². The number of hydrogen-bond donors (Lipinski definition) is 0. The molecule has 0 aliphatic heterocycles. The van der Waals surface area contributed by atoms with Crippen LogP contribution in [-0.4, -0.2) is 28.0 Å². The van der Waals surface area contributed by atoms with Gasteiger partial charge in [0.05, 0.1) is 26.5 Å². The smallest absolute Gasteiger partial charge is 0.264 e. The van der Waals surface area contributed by atoms with Gasteiger partial charge in [-0.05, 0) is 31.2 Å². The summed E-state index contributed by atoms with van der Waals surface area (Å²) in [4.78, 5) is 20.6. The number of carbonyl (C=O) groups is 1. The van der Waals surface area contributed by atoms with Gasteiger partial charge in [-0.2, -0.15) is 0 Å². The number of aryl methyl sites for hydroxylation is 1. The predicted molar refractivity (Wildman–Crippen MR) is 100.0 cm³/mol. The third-order valence-corrected chi connectivity index (χ3v) is 6.02. The van der Waals surface area contributed by atoms with Crippen molar-refractivity contribution in [3.63, 3.8) is 0 Å². The fraction of sp³-hybridized carbons (Fsp3) is 0.167. The van der Waals surface area contributed by atoms with Crippen molar-refractivity contribution in [3.05, 3.63) is 58.8 Å². The lowest BCUT2D eigenvalue weighted by Gasteiger charge is -2.13. The highest BCUT2D eigenvalue weighted by Crippen LogP contribution is 2.34. The van der Waals surface area contributed by atoms with Gasteiger partial charge >= 0.3 is 0 Å². The number of fused-ring (bicyclic) bond motifs is 1. The van der Waals surface area contributed by atoms with E-state index in [1.165, 1.54) is 11.3 Å². The molecule has 0 spiro atoms. The lowest BCUT2D eigenvalue weighted by Crippen LogP contribution is -2.25. The van der Waals surface area contributed by atoms with Crippen LogP contribution >= 0.6 is 22.7 Å². The van der Waals surface area contributed by atoms with Gasteiger partial charge in [-0.15, -0.1) is 22.7 Å². The second-order valence-electron chi connectivity index (χ2n) is 5.74. The summed E-state index contributed by atoms with van der Waals surface area (Å²) in [6.07, 6.45) is 0. The first-order valence-electron chi connectivity index (χ1n) is 7.73. The Morgan fingerprint density at radius 1 is 1.20 bits per heavy atom. The third kappa shape index (κ3) is 3.20. The summed E-state index contributed by atoms with van der Waals surface area (Å²) in [5.41, 5.74) is 1.73. The average molecular weight is 369 g/mol. The van der Waals surface area contributed by atoms with Crippen LogP contribution in [0.1, 0.15) is 21.1 Å². The van der Waals surface area contributed by atoms with Gasteiger partial charge in [-0.25, -0.2) is 4.98 Å². The minimum Gasteiger partial charge on any atom is -0.361 e. The lowest BCUT2D eigenvalue weighted by atomic mass is 10.3. The number of thiophene rings is 1. The molecule has 3 heterocycles. The van der Waals surface area contributed by atoms with E-state index in [0.29, 0.717) is 11.4 Å². The number of amides is 1. The summed E-state index contributed by atoms with van der Waals surface area (Å²) in [5.74, 6) is 0.711. The zero-order valence-electron chi connectivity index (χ0n) is 13.7. The minimum absolute atomic E-state index is 0.0296. The zero-order chi connectivity index (χ0) is 17.4. The highest BCUT2D eigenvalue weighted by molar-refractivity contribution is 7.26. The van der Waals surface area contributed by atoms with E-state index in [1.807, 2.05) is 43.3 Å². The molecule has 0 aliphatic rings. The average Bonchev–Trinajstić information content (AvgIpc) is 3.32. The molecule has 0 radical (unpaired) electrons. The Morgan fingerprint density at radius 2 is 2.04 bits per heavy atom. The predicted octanol–water partition coefficient (Wildman–Crippen LogP) is 4.59. The molecule has 0 fully saturated rings. The molecule has 4 aromatic rings. The molecule has 7 heteroatoms. The van der Waals surface area contributed by atoms with E-state index in [9.17, 15) is 4.79 Å². The topological polar surface area (TPSA) is 59.2 Å². The minimum atomic E-state index is -0.0296. The number of hydrogen-bond acceptors (Lipinski definition) is 6. The Hall–Kier alpha value is -2.51. The second-order valence-corrected chi connectivity index (χ2v) is 7.86. The fourth-order valence-electron chi connectivity index (χ4n) is 2.54. The maximum absolute atomic E-state index is 12.6. The maximum Gasteiger partial charge on any atom is 0.264 e. The fourth-order valence-corrected chi connectivity index (χ4v) is 4.56. The molecule has 4 rings (SSSR count). The monoisotopic (exact) mass is 369 g/mol. The van der Waals surface area contributed by atoms with E-state index in [-0.39, 0.29) is 5.91 Å². The highest BCUT2D eigenvalue weighted by Gasteiger charge is 2.17. The van der Waals surface area contributed by atoms with E-state index in [4.69, 9.17) is 4.52 Å². The molecule has 0 saturated heterocycles. The van der Waals surface area contributed by atoms with Gasteiger partial charge in [0.1, 0.15) is 16.5 Å². The van der Waals surface area contributed by atoms with Crippen LogP contribution in [-0.2, 0) is 6.54 Å². The molecular weight excluding hydrogens is 354 g/mol. The van der Waals surface area contributed by atoms with Crippen LogP contribution in [0.5, 0.6) is 0 Å². The van der Waals surface area contributed by atoms with Crippen molar-refractivity contribution in [1.82, 2.24) is 15.0 Å². The van der Waals surface area contributed by atoms with Gasteiger partial charge in [0.15, 0.2) is 0 Å². The number of nitrogens with zero attached hydrogens (tertiary/aromatic N) is 3. The molecule has 0 saturated carbocycles. The van der Waals surface area contributed by atoms with Crippen molar-refractivity contribution >= 4 is 38.8 Å². The molecule has 0 atom stereocenters. The maximum atomic E-state index is 12.6. The van der Waals surface area contributed by atoms with Crippen molar-refractivity contribution in [3.8, 4) is 9.88 Å². The Kier molecular flexibility index (Phi) is 4.10. The molecule has 1 amide bonds. The second kappa shape index (κ2) is 6.42. The largest absolute Gasteiger partial charge is 0.361 e. The molecule has 0 unspecified atom stereocenters. The van der Waals surface area contributed by atoms with Crippen molar-refractivity contribution in [2.24, 2.45) is 0 Å². The molecular formula is C18H15N3O2S2. The number of thiazole rings is 1. The van der Waals surface area contributed by atoms with Crippen LogP contribution in [0.15, 0.2) is 47.0 Å². The summed E-state index contributed by atoms with van der Waals surface area (Å²) in [5, 5.41) is 4.88. The van der Waals surface area contributed by atoms with Gasteiger partial charge in [-0.1, -0.05) is 17.3 Å². The number of carbonyl (C=O) groups excluding carboxylic acids is 1. The Balaban J connectivity index is 1.54. The summed E-state index contributed by atoms with van der Waals surface area (Å²) >= 11 is 3.11. The lowest BCUT2D eigenvalue weighted by molar-refractivity contribution is 0.0787. The normalized spacial score (nSPS) is 11.1. The molecule has 0 bridgehead atoms. The standard InChI is InChI=1S/C18H15N3O2S2/c1-11-9-12(20-23-11)10-21(2)18(22)16-8-7-15(24-16)17-19-13-5-3-4-6-14(13)25-17/h3-9H,10H2,1-2H3. The van der Waals surface area contributed by atoms with Crippen LogP contribution in [0.3, 0.4) is 0 Å². The first-order chi connectivity index (χ1) is 12.1. The summed E-state index contributed by atoms with van der Waals surface area (Å²) in [7, 11) is 1.77. The van der Waals surface area contributed by atoms with Crippen molar-refractivity contribution in [1.29, 1.82) is 0 Å². The summed E-state index contributed by atoms with van der Waals surface area (Å²) < 4.78 is 6.20. The van der Waals surface area contributed by atoms with Gasteiger partial charge < -0.3 is 9.42 Å². The number of rotatable bonds is 4. The first kappa shape index (κ1) is 16.0. The molecule has 126 valence electrons. The molecule has 1 aromatic carbocycles. The Bertz CT molecular complexity index is 1010. The Labute approximate surface area is 152 Å². The van der Waals surface area contributed by atoms with Crippen LogP contribution in [0, 0.1) is 6.92 Å². The van der Waals surface area contributed by atoms with E-state index in [0.717, 1.165) is 31.6 Å². The molecule has 5 nitrogen and oxygen atoms in total. The quantitative estimate of drug-likeness (QED) is 0.528. The van der Waals surface area contributed by atoms with Crippen LogP contribution in [0.2, 0.25) is 0 Å². The van der Waals surface area contributed by atoms with Gasteiger partial charge in [0, 0.05) is 13.1 Å². The van der Waals surface area contributed by atoms with Gasteiger partial charge in [0.2, 0.25) is 0 Å². The summed E-state index contributed by atoms with van der Waals surface area (Å²) in [6.45, 7) is 2.26. The SMILES string of the molecule is Cc1cc(CN(C)C(=O)c2ccc(-c3nc4ccccc4s3)s2)no1.